The first-order valence-corrected chi connectivity index (χ1v) is 17.3. The maximum absolute atomic E-state index is 11.4. The molecule has 5 nitrogen and oxygen atoms in total. The Bertz CT molecular complexity index is 781. The quantitative estimate of drug-likeness (QED) is 0.0647. The Balaban J connectivity index is -0.00000145. The third-order valence-electron chi connectivity index (χ3n) is 10.2. The molecular weight excluding hydrogens is 530 g/mol. The molecule has 256 valence electrons. The van der Waals surface area contributed by atoms with Gasteiger partial charge >= 0.3 is 0 Å². The number of aldehydes is 1. The van der Waals surface area contributed by atoms with Gasteiger partial charge in [0.05, 0.1) is 5.71 Å². The fourth-order valence-electron chi connectivity index (χ4n) is 8.55. The average molecular weight is 608 g/mol. The van der Waals surface area contributed by atoms with Crippen molar-refractivity contribution in [3.8, 4) is 0 Å². The van der Waals surface area contributed by atoms with Crippen LogP contribution in [0.5, 0.6) is 0 Å². The maximum Gasteiger partial charge on any atom is 0.142 e. The molecule has 0 amide bonds. The van der Waals surface area contributed by atoms with Gasteiger partial charge in [0, 0.05) is 11.5 Å². The Morgan fingerprint density at radius 3 is 2.14 bits per heavy atom. The maximum atomic E-state index is 11.4. The summed E-state index contributed by atoms with van der Waals surface area (Å²) in [5.74, 6) is 2.13. The second kappa shape index (κ2) is 23.9. The number of rotatable bonds is 10. The first-order chi connectivity index (χ1) is 20.1. The molecule has 0 radical (unpaired) electrons. The zero-order valence-electron chi connectivity index (χ0n) is 30.2. The molecule has 0 heterocycles. The van der Waals surface area contributed by atoms with Gasteiger partial charge in [-0.25, -0.2) is 0 Å². The highest BCUT2D eigenvalue weighted by atomic mass is 16.6. The van der Waals surface area contributed by atoms with Crippen LogP contribution in [0.15, 0.2) is 30.0 Å². The molecule has 5 heteroatoms. The summed E-state index contributed by atoms with van der Waals surface area (Å²) < 4.78 is 0. The van der Waals surface area contributed by atoms with E-state index in [4.69, 9.17) is 10.6 Å². The van der Waals surface area contributed by atoms with E-state index >= 15 is 0 Å². The average Bonchev–Trinajstić information content (AvgIpc) is 3.35. The fraction of sp³-hybridized carbons (Fsp3) is 0.842. The van der Waals surface area contributed by atoms with E-state index in [0.717, 1.165) is 51.4 Å². The van der Waals surface area contributed by atoms with Crippen LogP contribution in [0.1, 0.15) is 147 Å². The summed E-state index contributed by atoms with van der Waals surface area (Å²) in [6.45, 7) is 28.6. The summed E-state index contributed by atoms with van der Waals surface area (Å²) in [4.78, 5) is 17.2. The lowest BCUT2D eigenvalue weighted by Gasteiger charge is -2.62. The smallest absolute Gasteiger partial charge is 0.142 e. The molecule has 0 aromatic rings. The van der Waals surface area contributed by atoms with Crippen molar-refractivity contribution in [3.63, 3.8) is 0 Å². The predicted octanol–water partition coefficient (Wildman–Crippen LogP) is 10.4. The monoisotopic (exact) mass is 608 g/mol. The lowest BCUT2D eigenvalue weighted by molar-refractivity contribution is -0.104. The van der Waals surface area contributed by atoms with Gasteiger partial charge in [-0.05, 0) is 107 Å². The normalized spacial score (nSPS) is 32.2. The summed E-state index contributed by atoms with van der Waals surface area (Å²) >= 11 is 0. The van der Waals surface area contributed by atoms with Crippen LogP contribution in [0.2, 0.25) is 0 Å². The van der Waals surface area contributed by atoms with Gasteiger partial charge in [-0.15, -0.1) is 13.2 Å². The molecule has 0 aliphatic heterocycles. The molecule has 3 saturated carbocycles. The minimum Gasteiger partial charge on any atom is -0.396 e. The lowest BCUT2D eigenvalue weighted by atomic mass is 9.44. The Kier molecular flexibility index (Phi) is 25.5. The second-order valence-electron chi connectivity index (χ2n) is 12.6. The molecule has 0 spiro atoms. The number of carbonyl (C=O) groups is 1. The van der Waals surface area contributed by atoms with Gasteiger partial charge in [0.2, 0.25) is 0 Å². The highest BCUT2D eigenvalue weighted by Gasteiger charge is 2.64. The van der Waals surface area contributed by atoms with Crippen molar-refractivity contribution in [1.82, 2.24) is 5.32 Å². The Hall–Kier alpha value is -1.46. The van der Waals surface area contributed by atoms with E-state index in [9.17, 15) is 4.79 Å². The molecule has 3 rings (SSSR count). The van der Waals surface area contributed by atoms with Crippen LogP contribution in [-0.4, -0.2) is 38.2 Å². The number of nitrogens with zero attached hydrogens (tertiary/aromatic N) is 1. The zero-order chi connectivity index (χ0) is 33.0. The van der Waals surface area contributed by atoms with Gasteiger partial charge in [0.25, 0.3) is 0 Å². The molecule has 0 bridgehead atoms. The molecule has 3 N–H and O–H groups in total. The number of fused-ring (bicyclic) bond motifs is 3. The number of carbonyl (C=O) groups excluding carboxylic acids is 1. The number of hydrogen-bond donors (Lipinski definition) is 2. The molecule has 3 aliphatic carbocycles. The van der Waals surface area contributed by atoms with E-state index in [1.54, 1.807) is 0 Å². The number of oxime groups is 1. The van der Waals surface area contributed by atoms with Crippen LogP contribution in [0, 0.1) is 34.5 Å². The zero-order valence-corrected chi connectivity index (χ0v) is 30.2. The van der Waals surface area contributed by atoms with Crippen LogP contribution in [0.3, 0.4) is 0 Å². The van der Waals surface area contributed by atoms with E-state index in [1.807, 2.05) is 47.9 Å². The number of hydrogen-bond acceptors (Lipinski definition) is 5. The number of nitrogens with one attached hydrogen (secondary N) is 1. The van der Waals surface area contributed by atoms with Gasteiger partial charge in [-0.2, -0.15) is 0 Å². The van der Waals surface area contributed by atoms with Crippen LogP contribution < -0.4 is 11.1 Å². The first-order valence-electron chi connectivity index (χ1n) is 17.3. The van der Waals surface area contributed by atoms with Crippen molar-refractivity contribution in [2.24, 2.45) is 45.4 Å². The van der Waals surface area contributed by atoms with Gasteiger partial charge in [-0.1, -0.05) is 99.7 Å². The molecule has 7 atom stereocenters. The Morgan fingerprint density at radius 1 is 1.05 bits per heavy atom. The molecule has 3 fully saturated rings. The van der Waals surface area contributed by atoms with E-state index < -0.39 is 0 Å². The standard InChI is InChI=1S/C29H50N2O2.C2H7N.2C2H6.C2H4.CH4/c1-7-9-21(3)15-20-33-31-22(4)24-10-11-25-28(24,6)17-13-26-27(5,16-8-2)23(14-19-32)12-18-29(25,26)30;1-3-2;3*1-2;/h14,19,21,24-26H,7-13,15-18,20,30H2,1-6H3;3H,1-2H3;2*1-2H3;1-2H2;1H4/b23-14-,31-22+;;;;;. The summed E-state index contributed by atoms with van der Waals surface area (Å²) in [5, 5.41) is 7.37. The highest BCUT2D eigenvalue weighted by Crippen LogP contribution is 2.67. The minimum atomic E-state index is -0.150. The SMILES string of the molecule is C.C=C.CC.CC.CCCC(C)CCO/N=C(\C)C1CCC2C1(C)CCC1C(C)(CCC)/C(=C\C=O)CCC12N.CNC. The van der Waals surface area contributed by atoms with Crippen LogP contribution in [-0.2, 0) is 9.63 Å². The second-order valence-corrected chi connectivity index (χ2v) is 12.6. The molecule has 43 heavy (non-hydrogen) atoms. The third kappa shape index (κ3) is 11.4. The van der Waals surface area contributed by atoms with E-state index in [0.29, 0.717) is 23.7 Å². The summed E-state index contributed by atoms with van der Waals surface area (Å²) in [6.07, 6.45) is 15.3. The van der Waals surface area contributed by atoms with Gasteiger partial charge < -0.3 is 15.9 Å². The number of allylic oxidation sites excluding steroid dienone is 2. The molecule has 0 aromatic carbocycles. The van der Waals surface area contributed by atoms with Gasteiger partial charge in [-0.3, -0.25) is 4.79 Å². The van der Waals surface area contributed by atoms with Crippen molar-refractivity contribution in [3.05, 3.63) is 24.8 Å². The van der Waals surface area contributed by atoms with Crippen molar-refractivity contribution in [2.45, 2.75) is 153 Å². The van der Waals surface area contributed by atoms with Crippen LogP contribution in [0.4, 0.5) is 0 Å². The van der Waals surface area contributed by atoms with Crippen molar-refractivity contribution in [1.29, 1.82) is 0 Å². The molecule has 3 aliphatic rings. The largest absolute Gasteiger partial charge is 0.396 e. The van der Waals surface area contributed by atoms with Crippen molar-refractivity contribution in [2.75, 3.05) is 20.7 Å². The molecule has 7 unspecified atom stereocenters. The predicted molar refractivity (Wildman–Crippen MR) is 194 cm³/mol. The van der Waals surface area contributed by atoms with Crippen LogP contribution >= 0.6 is 0 Å². The van der Waals surface area contributed by atoms with E-state index in [1.165, 1.54) is 43.4 Å². The van der Waals surface area contributed by atoms with Gasteiger partial charge in [0.15, 0.2) is 0 Å². The highest BCUT2D eigenvalue weighted by molar-refractivity contribution is 5.85. The summed E-state index contributed by atoms with van der Waals surface area (Å²) in [6, 6.07) is 0. The first kappa shape index (κ1) is 46.0. The van der Waals surface area contributed by atoms with E-state index in [-0.39, 0.29) is 23.8 Å². The van der Waals surface area contributed by atoms with Gasteiger partial charge in [0.1, 0.15) is 12.9 Å². The summed E-state index contributed by atoms with van der Waals surface area (Å²) in [7, 11) is 3.75. The fourth-order valence-corrected chi connectivity index (χ4v) is 8.55. The molecular formula is C38H77N3O2. The third-order valence-corrected chi connectivity index (χ3v) is 10.2. The minimum absolute atomic E-state index is 0. The van der Waals surface area contributed by atoms with Crippen LogP contribution in [0.25, 0.3) is 0 Å². The molecule has 0 saturated heterocycles. The lowest BCUT2D eigenvalue weighted by Crippen LogP contribution is -2.66. The Morgan fingerprint density at radius 2 is 1.63 bits per heavy atom. The van der Waals surface area contributed by atoms with E-state index in [2.05, 4.69) is 65.2 Å². The summed E-state index contributed by atoms with van der Waals surface area (Å²) in [5.41, 5.74) is 10.0. The molecule has 0 aromatic heterocycles. The topological polar surface area (TPSA) is 76.7 Å². The van der Waals surface area contributed by atoms with Crippen molar-refractivity contribution >= 4 is 12.0 Å². The van der Waals surface area contributed by atoms with Crippen molar-refractivity contribution < 1.29 is 9.63 Å². The Labute approximate surface area is 270 Å². The number of nitrogens with two attached hydrogens (primary N) is 1.